The van der Waals surface area contributed by atoms with Crippen molar-refractivity contribution in [1.29, 1.82) is 5.26 Å². The molecule has 2 aromatic rings. The highest BCUT2D eigenvalue weighted by atomic mass is 15.1. The Bertz CT molecular complexity index is 588. The van der Waals surface area contributed by atoms with Gasteiger partial charge in [0, 0.05) is 11.9 Å². The van der Waals surface area contributed by atoms with E-state index in [9.17, 15) is 0 Å². The topological polar surface area (TPSA) is 67.6 Å². The zero-order chi connectivity index (χ0) is 12.3. The van der Waals surface area contributed by atoms with E-state index in [0.717, 1.165) is 11.5 Å². The Hall–Kier alpha value is -2.54. The lowest BCUT2D eigenvalue weighted by Gasteiger charge is -2.02. The van der Waals surface area contributed by atoms with Crippen LogP contribution in [0, 0.1) is 18.3 Å². The van der Waals surface area contributed by atoms with E-state index in [-0.39, 0.29) is 5.70 Å². The second kappa shape index (κ2) is 4.54. The lowest BCUT2D eigenvalue weighted by atomic mass is 10.3. The van der Waals surface area contributed by atoms with Crippen molar-refractivity contribution in [3.63, 3.8) is 0 Å². The molecule has 1 aromatic heterocycles. The van der Waals surface area contributed by atoms with E-state index in [1.165, 1.54) is 0 Å². The van der Waals surface area contributed by atoms with Crippen LogP contribution >= 0.6 is 0 Å². The predicted octanol–water partition coefficient (Wildman–Crippen LogP) is 2.00. The van der Waals surface area contributed by atoms with Crippen molar-refractivity contribution in [2.75, 3.05) is 0 Å². The highest BCUT2D eigenvalue weighted by molar-refractivity contribution is 5.53. The van der Waals surface area contributed by atoms with E-state index in [1.807, 2.05) is 54.1 Å². The smallest absolute Gasteiger partial charge is 0.117 e. The number of hydrogen-bond acceptors (Lipinski definition) is 3. The Morgan fingerprint density at radius 1 is 1.41 bits per heavy atom. The third kappa shape index (κ3) is 2.34. The molecule has 0 aliphatic heterocycles. The van der Waals surface area contributed by atoms with E-state index in [1.54, 1.807) is 6.08 Å². The minimum absolute atomic E-state index is 0.155. The Balaban J connectivity index is 2.43. The van der Waals surface area contributed by atoms with Gasteiger partial charge >= 0.3 is 0 Å². The first-order valence-corrected chi connectivity index (χ1v) is 5.19. The summed E-state index contributed by atoms with van der Waals surface area (Å²) >= 11 is 0. The summed E-state index contributed by atoms with van der Waals surface area (Å²) in [6.45, 7) is 1.91. The molecule has 4 heteroatoms. The van der Waals surface area contributed by atoms with Gasteiger partial charge in [-0.3, -0.25) is 0 Å². The van der Waals surface area contributed by atoms with Gasteiger partial charge in [-0.2, -0.15) is 5.26 Å². The van der Waals surface area contributed by atoms with Crippen molar-refractivity contribution >= 4 is 6.08 Å². The van der Waals surface area contributed by atoms with Crippen LogP contribution in [0.1, 0.15) is 11.5 Å². The molecule has 1 heterocycles. The summed E-state index contributed by atoms with van der Waals surface area (Å²) in [6, 6.07) is 11.8. The van der Waals surface area contributed by atoms with Crippen molar-refractivity contribution < 1.29 is 0 Å². The fraction of sp³-hybridized carbons (Fsp3) is 0.0769. The number of nitriles is 1. The van der Waals surface area contributed by atoms with E-state index in [2.05, 4.69) is 4.98 Å². The molecule has 0 unspecified atom stereocenters. The van der Waals surface area contributed by atoms with Gasteiger partial charge in [0.25, 0.3) is 0 Å². The highest BCUT2D eigenvalue weighted by Crippen LogP contribution is 2.13. The average Bonchev–Trinajstić information content (AvgIpc) is 2.71. The molecule has 0 aliphatic carbocycles. The molecule has 4 nitrogen and oxygen atoms in total. The first-order valence-electron chi connectivity index (χ1n) is 5.19. The summed E-state index contributed by atoms with van der Waals surface area (Å²) in [4.78, 5) is 4.33. The number of benzene rings is 1. The summed E-state index contributed by atoms with van der Waals surface area (Å²) in [5.74, 6) is 0.855. The van der Waals surface area contributed by atoms with Gasteiger partial charge in [0.15, 0.2) is 0 Å². The quantitative estimate of drug-likeness (QED) is 0.793. The van der Waals surface area contributed by atoms with Gasteiger partial charge in [0.1, 0.15) is 17.6 Å². The van der Waals surface area contributed by atoms with Gasteiger partial charge < -0.3 is 10.3 Å². The van der Waals surface area contributed by atoms with E-state index in [0.29, 0.717) is 5.69 Å². The van der Waals surface area contributed by atoms with Crippen LogP contribution in [0.25, 0.3) is 11.8 Å². The molecule has 0 atom stereocenters. The normalized spacial score (nSPS) is 11.2. The second-order valence-electron chi connectivity index (χ2n) is 3.63. The van der Waals surface area contributed by atoms with Crippen LogP contribution in [0.5, 0.6) is 0 Å². The molecule has 0 fully saturated rings. The van der Waals surface area contributed by atoms with Crippen LogP contribution in [0.3, 0.4) is 0 Å². The van der Waals surface area contributed by atoms with Crippen LogP contribution in [0.2, 0.25) is 0 Å². The minimum atomic E-state index is 0.155. The number of imidazole rings is 1. The zero-order valence-corrected chi connectivity index (χ0v) is 9.46. The molecule has 84 valence electrons. The molecule has 0 amide bonds. The van der Waals surface area contributed by atoms with Gasteiger partial charge in [-0.05, 0) is 25.1 Å². The predicted molar refractivity (Wildman–Crippen MR) is 66.1 cm³/mol. The van der Waals surface area contributed by atoms with Gasteiger partial charge in [0.05, 0.1) is 5.69 Å². The van der Waals surface area contributed by atoms with Gasteiger partial charge in [-0.25, -0.2) is 4.98 Å². The molecule has 0 bridgehead atoms. The van der Waals surface area contributed by atoms with E-state index in [4.69, 9.17) is 11.0 Å². The molecular formula is C13H12N4. The van der Waals surface area contributed by atoms with Crippen LogP contribution in [0.4, 0.5) is 0 Å². The fourth-order valence-electron chi connectivity index (χ4n) is 1.61. The number of aryl methyl sites for hydroxylation is 1. The number of hydrogen-bond donors (Lipinski definition) is 1. The maximum atomic E-state index is 8.61. The largest absolute Gasteiger partial charge is 0.390 e. The monoisotopic (exact) mass is 224 g/mol. The molecule has 17 heavy (non-hydrogen) atoms. The molecule has 0 aliphatic rings. The lowest BCUT2D eigenvalue weighted by Crippen LogP contribution is -1.94. The van der Waals surface area contributed by atoms with Gasteiger partial charge in [-0.1, -0.05) is 18.2 Å². The number of para-hydroxylation sites is 1. The molecule has 0 saturated carbocycles. The summed E-state index contributed by atoms with van der Waals surface area (Å²) in [6.07, 6.45) is 3.42. The molecule has 1 aromatic carbocycles. The summed E-state index contributed by atoms with van der Waals surface area (Å²) in [5, 5.41) is 8.61. The molecule has 0 spiro atoms. The van der Waals surface area contributed by atoms with Crippen LogP contribution < -0.4 is 5.73 Å². The Labute approximate surface area is 99.6 Å². The van der Waals surface area contributed by atoms with Gasteiger partial charge in [-0.15, -0.1) is 0 Å². The fourth-order valence-corrected chi connectivity index (χ4v) is 1.61. The number of aromatic nitrogens is 2. The van der Waals surface area contributed by atoms with E-state index < -0.39 is 0 Å². The molecule has 2 rings (SSSR count). The van der Waals surface area contributed by atoms with Crippen molar-refractivity contribution in [2.45, 2.75) is 6.92 Å². The third-order valence-corrected chi connectivity index (χ3v) is 2.37. The summed E-state index contributed by atoms with van der Waals surface area (Å²) < 4.78 is 1.95. The van der Waals surface area contributed by atoms with Crippen molar-refractivity contribution in [2.24, 2.45) is 5.73 Å². The number of rotatable bonds is 2. The van der Waals surface area contributed by atoms with Crippen LogP contribution in [0.15, 0.2) is 42.2 Å². The van der Waals surface area contributed by atoms with Crippen molar-refractivity contribution in [3.05, 3.63) is 53.7 Å². The number of nitrogens with two attached hydrogens (primary N) is 1. The highest BCUT2D eigenvalue weighted by Gasteiger charge is 2.04. The second-order valence-corrected chi connectivity index (χ2v) is 3.63. The third-order valence-electron chi connectivity index (χ3n) is 2.37. The first kappa shape index (κ1) is 11.0. The van der Waals surface area contributed by atoms with Crippen LogP contribution in [-0.2, 0) is 0 Å². The summed E-state index contributed by atoms with van der Waals surface area (Å²) in [7, 11) is 0. The molecular weight excluding hydrogens is 212 g/mol. The Morgan fingerprint density at radius 3 is 2.76 bits per heavy atom. The molecule has 0 radical (unpaired) electrons. The average molecular weight is 224 g/mol. The van der Waals surface area contributed by atoms with Crippen molar-refractivity contribution in [1.82, 2.24) is 9.55 Å². The number of allylic oxidation sites excluding steroid dienone is 1. The Kier molecular flexibility index (Phi) is 2.93. The number of nitrogens with zero attached hydrogens (tertiary/aromatic N) is 3. The SMILES string of the molecule is Cc1nc(/C=C(/N)C#N)cn1-c1ccccc1. The van der Waals surface area contributed by atoms with E-state index >= 15 is 0 Å². The molecule has 2 N–H and O–H groups in total. The minimum Gasteiger partial charge on any atom is -0.390 e. The standard InChI is InChI=1S/C13H12N4/c1-10-16-12(7-11(15)8-14)9-17(10)13-5-3-2-4-6-13/h2-7,9H,15H2,1H3/b11-7+. The maximum absolute atomic E-state index is 8.61. The van der Waals surface area contributed by atoms with Crippen LogP contribution in [-0.4, -0.2) is 9.55 Å². The van der Waals surface area contributed by atoms with Gasteiger partial charge in [0.2, 0.25) is 0 Å². The lowest BCUT2D eigenvalue weighted by molar-refractivity contribution is 0.975. The maximum Gasteiger partial charge on any atom is 0.117 e. The first-order chi connectivity index (χ1) is 8.20. The summed E-state index contributed by atoms with van der Waals surface area (Å²) in [5.41, 5.74) is 7.33. The Morgan fingerprint density at radius 2 is 2.12 bits per heavy atom. The molecule has 0 saturated heterocycles. The van der Waals surface area contributed by atoms with Crippen molar-refractivity contribution in [3.8, 4) is 11.8 Å². The zero-order valence-electron chi connectivity index (χ0n) is 9.46.